The Morgan fingerprint density at radius 2 is 2.00 bits per heavy atom. The molecule has 2 saturated carbocycles. The number of halogens is 3. The third-order valence-electron chi connectivity index (χ3n) is 4.39. The molecule has 0 spiro atoms. The van der Waals surface area contributed by atoms with Crippen LogP contribution in [-0.2, 0) is 0 Å². The van der Waals surface area contributed by atoms with Gasteiger partial charge in [0.1, 0.15) is 0 Å². The lowest BCUT2D eigenvalue weighted by Gasteiger charge is -2.31. The van der Waals surface area contributed by atoms with Crippen molar-refractivity contribution in [2.75, 3.05) is 0 Å². The summed E-state index contributed by atoms with van der Waals surface area (Å²) >= 11 is 1.39. The zero-order chi connectivity index (χ0) is 15.0. The topological polar surface area (TPSA) is 29.1 Å². The average molecular weight is 317 g/mol. The Hall–Kier alpha value is -1.04. The predicted molar refractivity (Wildman–Crippen MR) is 75.6 cm³/mol. The van der Waals surface area contributed by atoms with Crippen molar-refractivity contribution in [1.29, 1.82) is 0 Å². The SMILES string of the molecule is O=C(NC1CCCC(C(F)(F)F)C1)c1sccc1C1CC1. The minimum Gasteiger partial charge on any atom is -0.349 e. The van der Waals surface area contributed by atoms with Gasteiger partial charge in [-0.3, -0.25) is 4.79 Å². The van der Waals surface area contributed by atoms with E-state index in [2.05, 4.69) is 5.32 Å². The van der Waals surface area contributed by atoms with E-state index in [0.29, 0.717) is 23.6 Å². The molecule has 2 nitrogen and oxygen atoms in total. The van der Waals surface area contributed by atoms with Crippen LogP contribution in [0.1, 0.15) is 59.7 Å². The fourth-order valence-electron chi connectivity index (χ4n) is 3.09. The van der Waals surface area contributed by atoms with Crippen LogP contribution in [0.15, 0.2) is 11.4 Å². The van der Waals surface area contributed by atoms with E-state index in [1.165, 1.54) is 11.3 Å². The third kappa shape index (κ3) is 3.42. The van der Waals surface area contributed by atoms with Crippen LogP contribution in [0, 0.1) is 5.92 Å². The van der Waals surface area contributed by atoms with Crippen LogP contribution in [0.2, 0.25) is 0 Å². The van der Waals surface area contributed by atoms with Gasteiger partial charge in [0.05, 0.1) is 10.8 Å². The summed E-state index contributed by atoms with van der Waals surface area (Å²) in [5.74, 6) is -0.992. The van der Waals surface area contributed by atoms with E-state index < -0.39 is 12.1 Å². The van der Waals surface area contributed by atoms with Crippen LogP contribution in [0.4, 0.5) is 13.2 Å². The summed E-state index contributed by atoms with van der Waals surface area (Å²) in [5, 5.41) is 4.71. The maximum absolute atomic E-state index is 12.8. The van der Waals surface area contributed by atoms with Gasteiger partial charge in [-0.05, 0) is 55.0 Å². The van der Waals surface area contributed by atoms with Gasteiger partial charge in [0.2, 0.25) is 0 Å². The molecule has 2 aliphatic carbocycles. The maximum Gasteiger partial charge on any atom is 0.391 e. The van der Waals surface area contributed by atoms with Crippen molar-refractivity contribution in [2.24, 2.45) is 5.92 Å². The first-order valence-corrected chi connectivity index (χ1v) is 8.28. The smallest absolute Gasteiger partial charge is 0.349 e. The molecule has 21 heavy (non-hydrogen) atoms. The Morgan fingerprint density at radius 1 is 1.24 bits per heavy atom. The highest BCUT2D eigenvalue weighted by molar-refractivity contribution is 7.12. The van der Waals surface area contributed by atoms with Crippen molar-refractivity contribution in [3.63, 3.8) is 0 Å². The molecule has 1 aromatic heterocycles. The molecule has 0 bridgehead atoms. The lowest BCUT2D eigenvalue weighted by Crippen LogP contribution is -2.41. The van der Waals surface area contributed by atoms with Crippen molar-refractivity contribution in [1.82, 2.24) is 5.32 Å². The summed E-state index contributed by atoms with van der Waals surface area (Å²) in [6, 6.07) is 1.61. The van der Waals surface area contributed by atoms with Crippen LogP contribution < -0.4 is 5.32 Å². The Labute approximate surface area is 125 Å². The molecule has 0 saturated heterocycles. The number of alkyl halides is 3. The number of hydrogen-bond donors (Lipinski definition) is 1. The molecule has 6 heteroatoms. The van der Waals surface area contributed by atoms with Crippen molar-refractivity contribution < 1.29 is 18.0 Å². The summed E-state index contributed by atoms with van der Waals surface area (Å²) in [4.78, 5) is 13.0. The van der Waals surface area contributed by atoms with Crippen LogP contribution in [0.5, 0.6) is 0 Å². The number of rotatable bonds is 3. The monoisotopic (exact) mass is 317 g/mol. The summed E-state index contributed by atoms with van der Waals surface area (Å²) in [5.41, 5.74) is 1.07. The number of thiophene rings is 1. The van der Waals surface area contributed by atoms with E-state index in [-0.39, 0.29) is 24.8 Å². The zero-order valence-corrected chi connectivity index (χ0v) is 12.4. The molecule has 0 aliphatic heterocycles. The maximum atomic E-state index is 12.8. The largest absolute Gasteiger partial charge is 0.391 e. The van der Waals surface area contributed by atoms with Crippen LogP contribution in [0.25, 0.3) is 0 Å². The molecule has 1 N–H and O–H groups in total. The second-order valence-corrected chi connectivity index (χ2v) is 6.97. The first kappa shape index (κ1) is 14.9. The van der Waals surface area contributed by atoms with Crippen molar-refractivity contribution in [3.8, 4) is 0 Å². The molecular formula is C15H18F3NOS. The Kier molecular flexibility index (Phi) is 3.99. The minimum atomic E-state index is -4.15. The van der Waals surface area contributed by atoms with Gasteiger partial charge in [0, 0.05) is 6.04 Å². The van der Waals surface area contributed by atoms with E-state index in [1.807, 2.05) is 11.4 Å². The van der Waals surface area contributed by atoms with Gasteiger partial charge in [0.25, 0.3) is 5.91 Å². The number of amides is 1. The van der Waals surface area contributed by atoms with E-state index in [1.54, 1.807) is 0 Å². The lowest BCUT2D eigenvalue weighted by atomic mass is 9.85. The number of carbonyl (C=O) groups excluding carboxylic acids is 1. The van der Waals surface area contributed by atoms with Gasteiger partial charge >= 0.3 is 6.18 Å². The predicted octanol–water partition coefficient (Wildman–Crippen LogP) is 4.48. The highest BCUT2D eigenvalue weighted by atomic mass is 32.1. The van der Waals surface area contributed by atoms with E-state index in [0.717, 1.165) is 18.4 Å². The molecule has 2 atom stereocenters. The second-order valence-electron chi connectivity index (χ2n) is 6.05. The molecule has 2 unspecified atom stereocenters. The number of hydrogen-bond acceptors (Lipinski definition) is 2. The van der Waals surface area contributed by atoms with Gasteiger partial charge in [-0.2, -0.15) is 13.2 Å². The van der Waals surface area contributed by atoms with Crippen LogP contribution in [-0.4, -0.2) is 18.1 Å². The number of carbonyl (C=O) groups is 1. The fourth-order valence-corrected chi connectivity index (χ4v) is 3.98. The quantitative estimate of drug-likeness (QED) is 0.875. The van der Waals surface area contributed by atoms with E-state index in [9.17, 15) is 18.0 Å². The Balaban J connectivity index is 1.63. The highest BCUT2D eigenvalue weighted by Crippen LogP contribution is 2.43. The van der Waals surface area contributed by atoms with Crippen LogP contribution >= 0.6 is 11.3 Å². The first-order valence-electron chi connectivity index (χ1n) is 7.40. The molecular weight excluding hydrogens is 299 g/mol. The number of nitrogens with one attached hydrogen (secondary N) is 1. The van der Waals surface area contributed by atoms with Crippen LogP contribution in [0.3, 0.4) is 0 Å². The summed E-state index contributed by atoms with van der Waals surface area (Å²) in [6.45, 7) is 0. The molecule has 2 fully saturated rings. The molecule has 0 aromatic carbocycles. The molecule has 0 radical (unpaired) electrons. The molecule has 1 heterocycles. The van der Waals surface area contributed by atoms with Crippen molar-refractivity contribution in [2.45, 2.75) is 56.7 Å². The van der Waals surface area contributed by atoms with E-state index in [4.69, 9.17) is 0 Å². The van der Waals surface area contributed by atoms with Gasteiger partial charge in [-0.1, -0.05) is 6.42 Å². The van der Waals surface area contributed by atoms with Crippen molar-refractivity contribution in [3.05, 3.63) is 21.9 Å². The van der Waals surface area contributed by atoms with Crippen molar-refractivity contribution >= 4 is 17.2 Å². The summed E-state index contributed by atoms with van der Waals surface area (Å²) in [7, 11) is 0. The molecule has 1 amide bonds. The average Bonchev–Trinajstić information content (AvgIpc) is 3.15. The lowest BCUT2D eigenvalue weighted by molar-refractivity contribution is -0.183. The molecule has 1 aromatic rings. The van der Waals surface area contributed by atoms with Gasteiger partial charge in [0.15, 0.2) is 0 Å². The van der Waals surface area contributed by atoms with Gasteiger partial charge < -0.3 is 5.32 Å². The molecule has 2 aliphatic rings. The third-order valence-corrected chi connectivity index (χ3v) is 5.32. The fraction of sp³-hybridized carbons (Fsp3) is 0.667. The summed E-state index contributed by atoms with van der Waals surface area (Å²) < 4.78 is 38.4. The first-order chi connectivity index (χ1) is 9.95. The molecule has 3 rings (SSSR count). The van der Waals surface area contributed by atoms with Gasteiger partial charge in [-0.15, -0.1) is 11.3 Å². The Bertz CT molecular complexity index is 521. The molecule has 116 valence electrons. The zero-order valence-electron chi connectivity index (χ0n) is 11.6. The highest BCUT2D eigenvalue weighted by Gasteiger charge is 2.42. The minimum absolute atomic E-state index is 0.0133. The van der Waals surface area contributed by atoms with Gasteiger partial charge in [-0.25, -0.2) is 0 Å². The summed E-state index contributed by atoms with van der Waals surface area (Å²) in [6.07, 6.45) is -0.572. The normalized spacial score (nSPS) is 26.6. The second kappa shape index (κ2) is 5.63. The standard InChI is InChI=1S/C15H18F3NOS/c16-15(17,18)10-2-1-3-11(8-10)19-14(20)13-12(6-7-21-13)9-4-5-9/h6-7,9-11H,1-5,8H2,(H,19,20). The Morgan fingerprint density at radius 3 is 2.67 bits per heavy atom. The van der Waals surface area contributed by atoms with E-state index >= 15 is 0 Å².